The third-order valence-electron chi connectivity index (χ3n) is 2.40. The molecular formula is C13H13BrN2. The van der Waals surface area contributed by atoms with Gasteiger partial charge in [0.15, 0.2) is 0 Å². The van der Waals surface area contributed by atoms with Crippen molar-refractivity contribution in [2.24, 2.45) is 0 Å². The van der Waals surface area contributed by atoms with Gasteiger partial charge in [0, 0.05) is 15.8 Å². The van der Waals surface area contributed by atoms with Crippen molar-refractivity contribution in [1.82, 2.24) is 0 Å². The van der Waals surface area contributed by atoms with E-state index in [1.54, 1.807) is 0 Å². The number of nitrogens with two attached hydrogens (primary N) is 1. The average Bonchev–Trinajstić information content (AvgIpc) is 2.27. The Labute approximate surface area is 104 Å². The summed E-state index contributed by atoms with van der Waals surface area (Å²) in [6, 6.07) is 13.9. The molecule has 16 heavy (non-hydrogen) atoms. The number of anilines is 3. The molecule has 3 N–H and O–H groups in total. The molecule has 0 fully saturated rings. The number of benzene rings is 2. The molecule has 3 heteroatoms. The highest BCUT2D eigenvalue weighted by atomic mass is 79.9. The smallest absolute Gasteiger partial charge is 0.0528 e. The molecule has 0 unspecified atom stereocenters. The van der Waals surface area contributed by atoms with Crippen LogP contribution in [0.3, 0.4) is 0 Å². The molecule has 0 spiro atoms. The van der Waals surface area contributed by atoms with E-state index in [1.807, 2.05) is 42.5 Å². The van der Waals surface area contributed by atoms with Crippen LogP contribution in [0.25, 0.3) is 0 Å². The summed E-state index contributed by atoms with van der Waals surface area (Å²) >= 11 is 3.50. The number of hydrogen-bond donors (Lipinski definition) is 2. The van der Waals surface area contributed by atoms with Gasteiger partial charge in [-0.3, -0.25) is 0 Å². The fourth-order valence-corrected chi connectivity index (χ4v) is 1.87. The van der Waals surface area contributed by atoms with Gasteiger partial charge in [-0.2, -0.15) is 0 Å². The van der Waals surface area contributed by atoms with E-state index < -0.39 is 0 Å². The van der Waals surface area contributed by atoms with E-state index in [2.05, 4.69) is 28.2 Å². The number of nitrogen functional groups attached to an aromatic ring is 1. The number of aryl methyl sites for hydroxylation is 1. The highest BCUT2D eigenvalue weighted by molar-refractivity contribution is 9.10. The zero-order valence-electron chi connectivity index (χ0n) is 9.00. The van der Waals surface area contributed by atoms with Gasteiger partial charge in [-0.15, -0.1) is 0 Å². The minimum Gasteiger partial charge on any atom is -0.399 e. The van der Waals surface area contributed by atoms with Crippen LogP contribution in [-0.2, 0) is 0 Å². The summed E-state index contributed by atoms with van der Waals surface area (Å²) in [5.41, 5.74) is 9.78. The second-order valence-corrected chi connectivity index (χ2v) is 4.53. The van der Waals surface area contributed by atoms with Gasteiger partial charge >= 0.3 is 0 Å². The second-order valence-electron chi connectivity index (χ2n) is 3.68. The first kappa shape index (κ1) is 11.0. The van der Waals surface area contributed by atoms with Gasteiger partial charge in [0.1, 0.15) is 0 Å². The first-order valence-electron chi connectivity index (χ1n) is 5.04. The lowest BCUT2D eigenvalue weighted by Crippen LogP contribution is -1.95. The molecule has 0 aliphatic heterocycles. The summed E-state index contributed by atoms with van der Waals surface area (Å²) in [4.78, 5) is 0. The van der Waals surface area contributed by atoms with Crippen molar-refractivity contribution in [2.45, 2.75) is 6.92 Å². The SMILES string of the molecule is Cc1ccc(N)cc1Nc1ccccc1Br. The molecule has 0 aliphatic carbocycles. The maximum Gasteiger partial charge on any atom is 0.0528 e. The molecule has 0 heterocycles. The zero-order valence-corrected chi connectivity index (χ0v) is 10.6. The van der Waals surface area contributed by atoms with E-state index in [1.165, 1.54) is 5.56 Å². The van der Waals surface area contributed by atoms with Gasteiger partial charge in [-0.1, -0.05) is 18.2 Å². The zero-order chi connectivity index (χ0) is 11.5. The van der Waals surface area contributed by atoms with Crippen LogP contribution >= 0.6 is 15.9 Å². The van der Waals surface area contributed by atoms with E-state index in [4.69, 9.17) is 5.73 Å². The van der Waals surface area contributed by atoms with Crippen molar-refractivity contribution in [1.29, 1.82) is 0 Å². The van der Waals surface area contributed by atoms with Crippen LogP contribution in [0.4, 0.5) is 17.1 Å². The monoisotopic (exact) mass is 276 g/mol. The number of halogens is 1. The molecule has 0 saturated carbocycles. The van der Waals surface area contributed by atoms with E-state index in [-0.39, 0.29) is 0 Å². The minimum absolute atomic E-state index is 0.764. The third kappa shape index (κ3) is 2.36. The van der Waals surface area contributed by atoms with Gasteiger partial charge in [-0.25, -0.2) is 0 Å². The van der Waals surface area contributed by atoms with E-state index in [0.717, 1.165) is 21.5 Å². The molecular weight excluding hydrogens is 264 g/mol. The summed E-state index contributed by atoms with van der Waals surface area (Å²) in [5.74, 6) is 0. The Balaban J connectivity index is 2.34. The van der Waals surface area contributed by atoms with E-state index in [9.17, 15) is 0 Å². The van der Waals surface area contributed by atoms with Crippen molar-refractivity contribution in [3.63, 3.8) is 0 Å². The highest BCUT2D eigenvalue weighted by Crippen LogP contribution is 2.27. The second kappa shape index (κ2) is 4.58. The van der Waals surface area contributed by atoms with Crippen LogP contribution in [0, 0.1) is 6.92 Å². The van der Waals surface area contributed by atoms with Crippen molar-refractivity contribution < 1.29 is 0 Å². The van der Waals surface area contributed by atoms with Crippen LogP contribution in [0.1, 0.15) is 5.56 Å². The summed E-state index contributed by atoms with van der Waals surface area (Å²) < 4.78 is 1.04. The number of rotatable bonds is 2. The van der Waals surface area contributed by atoms with Gasteiger partial charge in [0.25, 0.3) is 0 Å². The molecule has 2 rings (SSSR count). The van der Waals surface area contributed by atoms with Crippen LogP contribution in [-0.4, -0.2) is 0 Å². The van der Waals surface area contributed by atoms with Crippen LogP contribution in [0.15, 0.2) is 46.9 Å². The largest absolute Gasteiger partial charge is 0.399 e. The van der Waals surface area contributed by atoms with E-state index in [0.29, 0.717) is 0 Å². The van der Waals surface area contributed by atoms with Crippen molar-refractivity contribution >= 4 is 33.0 Å². The Morgan fingerprint density at radius 1 is 1.06 bits per heavy atom. The standard InChI is InChI=1S/C13H13BrN2/c1-9-6-7-10(15)8-13(9)16-12-5-3-2-4-11(12)14/h2-8,16H,15H2,1H3. The summed E-state index contributed by atoms with van der Waals surface area (Å²) in [5, 5.41) is 3.35. The predicted molar refractivity (Wildman–Crippen MR) is 73.0 cm³/mol. The predicted octanol–water partition coefficient (Wildman–Crippen LogP) is 4.08. The van der Waals surface area contributed by atoms with Gasteiger partial charge < -0.3 is 11.1 Å². The molecule has 0 amide bonds. The van der Waals surface area contributed by atoms with Crippen LogP contribution in [0.2, 0.25) is 0 Å². The quantitative estimate of drug-likeness (QED) is 0.811. The lowest BCUT2D eigenvalue weighted by atomic mass is 10.1. The molecule has 0 aliphatic rings. The Morgan fingerprint density at radius 2 is 1.81 bits per heavy atom. The first-order valence-corrected chi connectivity index (χ1v) is 5.84. The molecule has 0 radical (unpaired) electrons. The van der Waals surface area contributed by atoms with Crippen LogP contribution < -0.4 is 11.1 Å². The Morgan fingerprint density at radius 3 is 2.56 bits per heavy atom. The highest BCUT2D eigenvalue weighted by Gasteiger charge is 2.02. The Kier molecular flexibility index (Phi) is 3.15. The summed E-state index contributed by atoms with van der Waals surface area (Å²) in [6.45, 7) is 2.05. The average molecular weight is 277 g/mol. The molecule has 82 valence electrons. The summed E-state index contributed by atoms with van der Waals surface area (Å²) in [7, 11) is 0. The maximum absolute atomic E-state index is 5.77. The number of hydrogen-bond acceptors (Lipinski definition) is 2. The molecule has 2 aromatic rings. The number of nitrogens with one attached hydrogen (secondary N) is 1. The van der Waals surface area contributed by atoms with Crippen molar-refractivity contribution in [3.05, 3.63) is 52.5 Å². The first-order chi connectivity index (χ1) is 7.66. The molecule has 0 aromatic heterocycles. The minimum atomic E-state index is 0.764. The molecule has 2 nitrogen and oxygen atoms in total. The van der Waals surface area contributed by atoms with Gasteiger partial charge in [-0.05, 0) is 52.7 Å². The van der Waals surface area contributed by atoms with Crippen molar-refractivity contribution in [2.75, 3.05) is 11.1 Å². The number of para-hydroxylation sites is 1. The van der Waals surface area contributed by atoms with Crippen molar-refractivity contribution in [3.8, 4) is 0 Å². The Bertz CT molecular complexity index is 509. The normalized spacial score (nSPS) is 10.1. The Hall–Kier alpha value is -1.48. The molecule has 0 saturated heterocycles. The molecule has 0 bridgehead atoms. The van der Waals surface area contributed by atoms with Crippen LogP contribution in [0.5, 0.6) is 0 Å². The fraction of sp³-hybridized carbons (Fsp3) is 0.0769. The summed E-state index contributed by atoms with van der Waals surface area (Å²) in [6.07, 6.45) is 0. The van der Waals surface area contributed by atoms with Gasteiger partial charge in [0.2, 0.25) is 0 Å². The topological polar surface area (TPSA) is 38.0 Å². The lowest BCUT2D eigenvalue weighted by molar-refractivity contribution is 1.42. The fourth-order valence-electron chi connectivity index (χ4n) is 1.48. The maximum atomic E-state index is 5.77. The van der Waals surface area contributed by atoms with E-state index >= 15 is 0 Å². The molecule has 0 atom stereocenters. The lowest BCUT2D eigenvalue weighted by Gasteiger charge is -2.11. The third-order valence-corrected chi connectivity index (χ3v) is 3.10. The van der Waals surface area contributed by atoms with Gasteiger partial charge in [0.05, 0.1) is 5.69 Å². The molecule has 2 aromatic carbocycles.